The second-order valence-corrected chi connectivity index (χ2v) is 5.07. The van der Waals surface area contributed by atoms with E-state index in [9.17, 15) is 4.79 Å². The maximum absolute atomic E-state index is 12.0. The zero-order chi connectivity index (χ0) is 12.0. The molecule has 2 atom stereocenters. The molecule has 1 amide bonds. The first kappa shape index (κ1) is 16.7. The Kier molecular flexibility index (Phi) is 8.61. The van der Waals surface area contributed by atoms with E-state index in [1.807, 2.05) is 11.9 Å². The van der Waals surface area contributed by atoms with Crippen LogP contribution in [0.15, 0.2) is 0 Å². The van der Waals surface area contributed by atoms with Crippen LogP contribution in [0.2, 0.25) is 0 Å². The maximum atomic E-state index is 12.0. The van der Waals surface area contributed by atoms with Crippen LogP contribution in [0.25, 0.3) is 0 Å². The minimum atomic E-state index is 0. The van der Waals surface area contributed by atoms with E-state index in [1.165, 1.54) is 12.8 Å². The predicted molar refractivity (Wildman–Crippen MR) is 74.6 cm³/mol. The molecule has 4 heteroatoms. The Labute approximate surface area is 112 Å². The number of hydrogen-bond donors (Lipinski definition) is 1. The highest BCUT2D eigenvalue weighted by atomic mass is 35.5. The molecule has 1 aliphatic heterocycles. The van der Waals surface area contributed by atoms with E-state index in [0.29, 0.717) is 17.9 Å². The highest BCUT2D eigenvalue weighted by molar-refractivity contribution is 5.85. The van der Waals surface area contributed by atoms with Crippen LogP contribution < -0.4 is 5.32 Å². The highest BCUT2D eigenvalue weighted by Crippen LogP contribution is 2.15. The van der Waals surface area contributed by atoms with Crippen molar-refractivity contribution < 1.29 is 4.79 Å². The molecular weight excluding hydrogens is 236 g/mol. The third kappa shape index (κ3) is 5.73. The van der Waals surface area contributed by atoms with Gasteiger partial charge in [-0.2, -0.15) is 0 Å². The number of carbonyl (C=O) groups excluding carboxylic acids is 1. The van der Waals surface area contributed by atoms with Gasteiger partial charge in [-0.25, -0.2) is 0 Å². The van der Waals surface area contributed by atoms with Crippen molar-refractivity contribution >= 4 is 18.3 Å². The zero-order valence-electron chi connectivity index (χ0n) is 11.4. The fraction of sp³-hybridized carbons (Fsp3) is 0.923. The average molecular weight is 263 g/mol. The molecule has 0 aromatic rings. The van der Waals surface area contributed by atoms with Crippen LogP contribution in [0, 0.1) is 5.92 Å². The Morgan fingerprint density at radius 3 is 2.82 bits per heavy atom. The molecule has 2 unspecified atom stereocenters. The number of rotatable bonds is 5. The normalized spacial score (nSPS) is 21.8. The van der Waals surface area contributed by atoms with Crippen molar-refractivity contribution in [2.24, 2.45) is 5.92 Å². The molecule has 1 N–H and O–H groups in total. The molecule has 1 saturated heterocycles. The van der Waals surface area contributed by atoms with Gasteiger partial charge in [0.1, 0.15) is 0 Å². The number of halogens is 1. The molecule has 0 aromatic carbocycles. The summed E-state index contributed by atoms with van der Waals surface area (Å²) < 4.78 is 0. The lowest BCUT2D eigenvalue weighted by Gasteiger charge is -2.33. The molecule has 102 valence electrons. The number of piperidine rings is 1. The molecule has 17 heavy (non-hydrogen) atoms. The van der Waals surface area contributed by atoms with Gasteiger partial charge in [-0.1, -0.05) is 26.7 Å². The minimum Gasteiger partial charge on any atom is -0.341 e. The van der Waals surface area contributed by atoms with Crippen LogP contribution >= 0.6 is 12.4 Å². The van der Waals surface area contributed by atoms with Crippen molar-refractivity contribution in [1.29, 1.82) is 0 Å². The van der Waals surface area contributed by atoms with E-state index in [0.717, 1.165) is 32.4 Å². The van der Waals surface area contributed by atoms with Gasteiger partial charge in [-0.15, -0.1) is 12.4 Å². The molecule has 0 aromatic heterocycles. The standard InChI is InChI=1S/C13H26N2O.ClH/c1-4-6-11(2)9-13(16)15-8-5-7-12(10-15)14-3;/h11-12,14H,4-10H2,1-3H3;1H. The van der Waals surface area contributed by atoms with Crippen LogP contribution in [0.4, 0.5) is 0 Å². The summed E-state index contributed by atoms with van der Waals surface area (Å²) in [7, 11) is 1.98. The van der Waals surface area contributed by atoms with Crippen molar-refractivity contribution in [3.63, 3.8) is 0 Å². The first-order chi connectivity index (χ1) is 7.67. The SMILES string of the molecule is CCCC(C)CC(=O)N1CCCC(NC)C1.Cl. The third-order valence-electron chi connectivity index (χ3n) is 3.49. The molecular formula is C13H27ClN2O. The fourth-order valence-electron chi connectivity index (χ4n) is 2.46. The number of amides is 1. The summed E-state index contributed by atoms with van der Waals surface area (Å²) in [5, 5.41) is 3.27. The topological polar surface area (TPSA) is 32.3 Å². The molecule has 3 nitrogen and oxygen atoms in total. The van der Waals surface area contributed by atoms with E-state index in [2.05, 4.69) is 19.2 Å². The largest absolute Gasteiger partial charge is 0.341 e. The summed E-state index contributed by atoms with van der Waals surface area (Å²) in [5.74, 6) is 0.883. The van der Waals surface area contributed by atoms with Crippen LogP contribution in [-0.2, 0) is 4.79 Å². The van der Waals surface area contributed by atoms with Crippen molar-refractivity contribution in [1.82, 2.24) is 10.2 Å². The first-order valence-corrected chi connectivity index (χ1v) is 6.62. The summed E-state index contributed by atoms with van der Waals surface area (Å²) in [6, 6.07) is 0.499. The molecule has 1 heterocycles. The molecule has 1 aliphatic rings. The Morgan fingerprint density at radius 1 is 1.53 bits per heavy atom. The van der Waals surface area contributed by atoms with Crippen molar-refractivity contribution in [3.05, 3.63) is 0 Å². The van der Waals surface area contributed by atoms with Gasteiger partial charge in [0.25, 0.3) is 0 Å². The van der Waals surface area contributed by atoms with Crippen LogP contribution in [-0.4, -0.2) is 37.0 Å². The lowest BCUT2D eigenvalue weighted by molar-refractivity contribution is -0.133. The van der Waals surface area contributed by atoms with Gasteiger partial charge in [0.15, 0.2) is 0 Å². The number of hydrogen-bond acceptors (Lipinski definition) is 2. The van der Waals surface area contributed by atoms with Gasteiger partial charge < -0.3 is 10.2 Å². The second kappa shape index (κ2) is 8.76. The van der Waals surface area contributed by atoms with Gasteiger partial charge in [0.2, 0.25) is 5.91 Å². The zero-order valence-corrected chi connectivity index (χ0v) is 12.2. The maximum Gasteiger partial charge on any atom is 0.222 e. The van der Waals surface area contributed by atoms with Crippen LogP contribution in [0.1, 0.15) is 46.0 Å². The molecule has 0 aliphatic carbocycles. The summed E-state index contributed by atoms with van der Waals surface area (Å²) in [6.45, 7) is 6.21. The van der Waals surface area contributed by atoms with Crippen molar-refractivity contribution in [2.45, 2.75) is 52.0 Å². The molecule has 0 saturated carbocycles. The summed E-state index contributed by atoms with van der Waals surface area (Å²) in [4.78, 5) is 14.1. The lowest BCUT2D eigenvalue weighted by atomic mass is 10.00. The van der Waals surface area contributed by atoms with Gasteiger partial charge >= 0.3 is 0 Å². The van der Waals surface area contributed by atoms with Crippen LogP contribution in [0.3, 0.4) is 0 Å². The first-order valence-electron chi connectivity index (χ1n) is 6.62. The lowest BCUT2D eigenvalue weighted by Crippen LogP contribution is -2.47. The minimum absolute atomic E-state index is 0. The summed E-state index contributed by atoms with van der Waals surface area (Å²) >= 11 is 0. The van der Waals surface area contributed by atoms with Crippen molar-refractivity contribution in [2.75, 3.05) is 20.1 Å². The number of likely N-dealkylation sites (N-methyl/N-ethyl adjacent to an activating group) is 1. The summed E-state index contributed by atoms with van der Waals surface area (Å²) in [5.41, 5.74) is 0. The number of carbonyl (C=O) groups is 1. The van der Waals surface area contributed by atoms with Crippen LogP contribution in [0.5, 0.6) is 0 Å². The average Bonchev–Trinajstić information content (AvgIpc) is 2.29. The van der Waals surface area contributed by atoms with Gasteiger partial charge in [0.05, 0.1) is 0 Å². The van der Waals surface area contributed by atoms with Crippen molar-refractivity contribution in [3.8, 4) is 0 Å². The predicted octanol–water partition coefficient (Wildman–Crippen LogP) is 2.44. The molecule has 0 spiro atoms. The fourth-order valence-corrected chi connectivity index (χ4v) is 2.46. The third-order valence-corrected chi connectivity index (χ3v) is 3.49. The van der Waals surface area contributed by atoms with Gasteiger partial charge in [-0.05, 0) is 25.8 Å². The van der Waals surface area contributed by atoms with E-state index in [4.69, 9.17) is 0 Å². The molecule has 1 fully saturated rings. The Balaban J connectivity index is 0.00000256. The van der Waals surface area contributed by atoms with Gasteiger partial charge in [-0.3, -0.25) is 4.79 Å². The number of nitrogens with zero attached hydrogens (tertiary/aromatic N) is 1. The molecule has 0 bridgehead atoms. The molecule has 0 radical (unpaired) electrons. The highest BCUT2D eigenvalue weighted by Gasteiger charge is 2.23. The van der Waals surface area contributed by atoms with Gasteiger partial charge in [0, 0.05) is 25.6 Å². The monoisotopic (exact) mass is 262 g/mol. The Hall–Kier alpha value is -0.280. The smallest absolute Gasteiger partial charge is 0.222 e. The quantitative estimate of drug-likeness (QED) is 0.826. The molecule has 1 rings (SSSR count). The Bertz CT molecular complexity index is 223. The van der Waals surface area contributed by atoms with E-state index < -0.39 is 0 Å². The second-order valence-electron chi connectivity index (χ2n) is 5.07. The summed E-state index contributed by atoms with van der Waals surface area (Å²) in [6.07, 6.45) is 5.40. The van der Waals surface area contributed by atoms with E-state index >= 15 is 0 Å². The Morgan fingerprint density at radius 2 is 2.24 bits per heavy atom. The number of likely N-dealkylation sites (tertiary alicyclic amines) is 1. The number of nitrogens with one attached hydrogen (secondary N) is 1. The van der Waals surface area contributed by atoms with E-state index in [-0.39, 0.29) is 12.4 Å². The van der Waals surface area contributed by atoms with E-state index in [1.54, 1.807) is 0 Å².